The third-order valence-corrected chi connectivity index (χ3v) is 6.46. The number of aryl methyl sites for hydroxylation is 1. The zero-order valence-corrected chi connectivity index (χ0v) is 15.2. The Balaban J connectivity index is 1.90. The number of halogens is 1. The lowest BCUT2D eigenvalue weighted by atomic mass is 9.99. The molecule has 1 atom stereocenters. The normalized spacial score (nSPS) is 18.8. The number of aromatic nitrogens is 2. The lowest BCUT2D eigenvalue weighted by molar-refractivity contribution is 0.300. The average Bonchev–Trinajstić information content (AvgIpc) is 3.11. The van der Waals surface area contributed by atoms with Gasteiger partial charge in [0.15, 0.2) is 5.82 Å². The summed E-state index contributed by atoms with van der Waals surface area (Å²) in [4.78, 5) is 4.25. The van der Waals surface area contributed by atoms with Crippen molar-refractivity contribution in [3.63, 3.8) is 0 Å². The average molecular weight is 381 g/mol. The van der Waals surface area contributed by atoms with Crippen molar-refractivity contribution >= 4 is 21.6 Å². The highest BCUT2D eigenvalue weighted by atomic mass is 35.5. The van der Waals surface area contributed by atoms with Gasteiger partial charge in [-0.05, 0) is 25.0 Å². The molecule has 9 heteroatoms. The zero-order chi connectivity index (χ0) is 18.0. The number of nitriles is 1. The highest BCUT2D eigenvalue weighted by molar-refractivity contribution is 7.89. The molecule has 0 aliphatic carbocycles. The maximum Gasteiger partial charge on any atom is 0.244 e. The molecule has 1 unspecified atom stereocenters. The Hall–Kier alpha value is -1.95. The number of rotatable bonds is 4. The van der Waals surface area contributed by atoms with Crippen LogP contribution in [0.3, 0.4) is 0 Å². The fourth-order valence-corrected chi connectivity index (χ4v) is 4.88. The van der Waals surface area contributed by atoms with E-state index in [0.717, 1.165) is 6.42 Å². The fraction of sp³-hybridized carbons (Fsp3) is 0.438. The number of hydrogen-bond donors (Lipinski definition) is 0. The molecule has 3 rings (SSSR count). The zero-order valence-electron chi connectivity index (χ0n) is 13.6. The number of benzene rings is 1. The first-order chi connectivity index (χ1) is 12.0. The van der Waals surface area contributed by atoms with E-state index in [1.807, 2.05) is 13.0 Å². The van der Waals surface area contributed by atoms with Gasteiger partial charge < -0.3 is 4.52 Å². The van der Waals surface area contributed by atoms with Crippen molar-refractivity contribution in [2.75, 3.05) is 13.1 Å². The van der Waals surface area contributed by atoms with E-state index in [9.17, 15) is 13.7 Å². The van der Waals surface area contributed by atoms with Crippen LogP contribution in [-0.4, -0.2) is 36.0 Å². The number of piperidine rings is 1. The van der Waals surface area contributed by atoms with E-state index in [1.165, 1.54) is 22.5 Å². The monoisotopic (exact) mass is 380 g/mol. The first-order valence-electron chi connectivity index (χ1n) is 7.98. The van der Waals surface area contributed by atoms with Gasteiger partial charge in [0.25, 0.3) is 0 Å². The van der Waals surface area contributed by atoms with Crippen LogP contribution in [0.1, 0.15) is 43.0 Å². The summed E-state index contributed by atoms with van der Waals surface area (Å²) in [7, 11) is -3.83. The van der Waals surface area contributed by atoms with E-state index in [2.05, 4.69) is 10.1 Å². The molecule has 1 fully saturated rings. The van der Waals surface area contributed by atoms with Crippen LogP contribution >= 0.6 is 11.6 Å². The molecule has 0 radical (unpaired) electrons. The second kappa shape index (κ2) is 7.12. The third kappa shape index (κ3) is 3.40. The van der Waals surface area contributed by atoms with Crippen LogP contribution < -0.4 is 0 Å². The van der Waals surface area contributed by atoms with Gasteiger partial charge in [-0.2, -0.15) is 14.6 Å². The third-order valence-electron chi connectivity index (χ3n) is 4.24. The van der Waals surface area contributed by atoms with Crippen molar-refractivity contribution in [3.8, 4) is 6.07 Å². The predicted molar refractivity (Wildman–Crippen MR) is 90.6 cm³/mol. The minimum absolute atomic E-state index is 0.0286. The molecule has 1 saturated heterocycles. The maximum absolute atomic E-state index is 13.0. The van der Waals surface area contributed by atoms with Gasteiger partial charge in [-0.1, -0.05) is 29.7 Å². The Kier molecular flexibility index (Phi) is 5.08. The van der Waals surface area contributed by atoms with Crippen LogP contribution in [0.15, 0.2) is 27.6 Å². The van der Waals surface area contributed by atoms with Crippen molar-refractivity contribution < 1.29 is 12.9 Å². The SMILES string of the molecule is CCc1nc(C2CCCN(S(=O)(=O)c3cccc(Cl)c3C#N)C2)no1. The summed E-state index contributed by atoms with van der Waals surface area (Å²) in [6, 6.07) is 6.33. The quantitative estimate of drug-likeness (QED) is 0.808. The van der Waals surface area contributed by atoms with E-state index < -0.39 is 10.0 Å². The predicted octanol–water partition coefficient (Wildman–Crippen LogP) is 2.73. The Bertz CT molecular complexity index is 920. The lowest BCUT2D eigenvalue weighted by Gasteiger charge is -2.30. The van der Waals surface area contributed by atoms with Gasteiger partial charge in [0.2, 0.25) is 15.9 Å². The largest absolute Gasteiger partial charge is 0.339 e. The molecule has 1 aromatic carbocycles. The number of hydrogen-bond acceptors (Lipinski definition) is 6. The van der Waals surface area contributed by atoms with Crippen LogP contribution in [0, 0.1) is 11.3 Å². The van der Waals surface area contributed by atoms with Crippen molar-refractivity contribution in [2.24, 2.45) is 0 Å². The highest BCUT2D eigenvalue weighted by Gasteiger charge is 2.34. The van der Waals surface area contributed by atoms with E-state index in [0.29, 0.717) is 31.1 Å². The minimum Gasteiger partial charge on any atom is -0.339 e. The van der Waals surface area contributed by atoms with Gasteiger partial charge in [-0.15, -0.1) is 0 Å². The molecule has 2 heterocycles. The number of sulfonamides is 1. The molecule has 132 valence electrons. The molecule has 0 saturated carbocycles. The Morgan fingerprint density at radius 1 is 1.48 bits per heavy atom. The molecule has 25 heavy (non-hydrogen) atoms. The van der Waals surface area contributed by atoms with Crippen LogP contribution in [-0.2, 0) is 16.4 Å². The number of nitrogens with zero attached hydrogens (tertiary/aromatic N) is 4. The molecule has 0 bridgehead atoms. The molecule has 2 aromatic rings. The van der Waals surface area contributed by atoms with Crippen molar-refractivity contribution in [1.29, 1.82) is 5.26 Å². The first-order valence-corrected chi connectivity index (χ1v) is 9.80. The van der Waals surface area contributed by atoms with Gasteiger partial charge >= 0.3 is 0 Å². The van der Waals surface area contributed by atoms with E-state index in [-0.39, 0.29) is 27.9 Å². The second-order valence-electron chi connectivity index (χ2n) is 5.83. The van der Waals surface area contributed by atoms with Gasteiger partial charge in [0.1, 0.15) is 11.0 Å². The summed E-state index contributed by atoms with van der Waals surface area (Å²) in [5, 5.41) is 13.4. The second-order valence-corrected chi connectivity index (χ2v) is 8.14. The molecule has 0 amide bonds. The standard InChI is InChI=1S/C16H17ClN4O3S/c1-2-15-19-16(20-24-15)11-5-4-8-21(10-11)25(22,23)14-7-3-6-13(17)12(14)9-18/h3,6-7,11H,2,4-5,8,10H2,1H3. The Morgan fingerprint density at radius 2 is 2.28 bits per heavy atom. The molecule has 1 aromatic heterocycles. The van der Waals surface area contributed by atoms with Crippen molar-refractivity contribution in [1.82, 2.24) is 14.4 Å². The molecule has 7 nitrogen and oxygen atoms in total. The van der Waals surface area contributed by atoms with Crippen molar-refractivity contribution in [3.05, 3.63) is 40.5 Å². The minimum atomic E-state index is -3.83. The van der Waals surface area contributed by atoms with Gasteiger partial charge in [0.05, 0.1) is 10.6 Å². The summed E-state index contributed by atoms with van der Waals surface area (Å²) in [5.74, 6) is 0.942. The van der Waals surface area contributed by atoms with Crippen molar-refractivity contribution in [2.45, 2.75) is 37.0 Å². The molecular weight excluding hydrogens is 364 g/mol. The summed E-state index contributed by atoms with van der Waals surface area (Å²) >= 11 is 5.98. The molecule has 0 N–H and O–H groups in total. The molecule has 1 aliphatic rings. The van der Waals surface area contributed by atoms with Gasteiger partial charge in [-0.3, -0.25) is 0 Å². The molecular formula is C16H17ClN4O3S. The highest BCUT2D eigenvalue weighted by Crippen LogP contribution is 2.31. The van der Waals surface area contributed by atoms with Crippen LogP contribution in [0.2, 0.25) is 5.02 Å². The van der Waals surface area contributed by atoms with E-state index in [4.69, 9.17) is 16.1 Å². The van der Waals surface area contributed by atoms with Crippen LogP contribution in [0.5, 0.6) is 0 Å². The van der Waals surface area contributed by atoms with E-state index >= 15 is 0 Å². The van der Waals surface area contributed by atoms with Crippen LogP contribution in [0.4, 0.5) is 0 Å². The lowest BCUT2D eigenvalue weighted by Crippen LogP contribution is -2.39. The summed E-state index contributed by atoms with van der Waals surface area (Å²) in [6.07, 6.45) is 2.10. The fourth-order valence-electron chi connectivity index (χ4n) is 2.92. The van der Waals surface area contributed by atoms with Gasteiger partial charge in [0, 0.05) is 25.4 Å². The Labute approximate surface area is 151 Å². The first kappa shape index (κ1) is 17.9. The maximum atomic E-state index is 13.0. The van der Waals surface area contributed by atoms with Gasteiger partial charge in [-0.25, -0.2) is 8.42 Å². The topological polar surface area (TPSA) is 100 Å². The molecule has 1 aliphatic heterocycles. The summed E-state index contributed by atoms with van der Waals surface area (Å²) < 4.78 is 32.5. The van der Waals surface area contributed by atoms with E-state index in [1.54, 1.807) is 0 Å². The van der Waals surface area contributed by atoms with Crippen LogP contribution in [0.25, 0.3) is 0 Å². The summed E-state index contributed by atoms with van der Waals surface area (Å²) in [6.45, 7) is 2.55. The Morgan fingerprint density at radius 3 is 2.96 bits per heavy atom. The smallest absolute Gasteiger partial charge is 0.244 e. The summed E-state index contributed by atoms with van der Waals surface area (Å²) in [5.41, 5.74) is -0.0286. The molecule has 0 spiro atoms.